The number of rotatable bonds is 6. The molecule has 1 fully saturated rings. The summed E-state index contributed by atoms with van der Waals surface area (Å²) < 4.78 is 5.31. The molecule has 2 heterocycles. The van der Waals surface area contributed by atoms with Crippen molar-refractivity contribution in [2.45, 2.75) is 25.9 Å². The van der Waals surface area contributed by atoms with E-state index in [1.54, 1.807) is 24.1 Å². The lowest BCUT2D eigenvalue weighted by atomic mass is 10.1. The Balaban J connectivity index is 1.37. The van der Waals surface area contributed by atoms with Gasteiger partial charge in [-0.3, -0.25) is 9.69 Å². The minimum Gasteiger partial charge on any atom is -0.337 e. The van der Waals surface area contributed by atoms with Gasteiger partial charge in [0.15, 0.2) is 0 Å². The second-order valence-corrected chi connectivity index (χ2v) is 7.80. The van der Waals surface area contributed by atoms with Gasteiger partial charge in [0.25, 0.3) is 5.91 Å². The number of aromatic nitrogens is 2. The summed E-state index contributed by atoms with van der Waals surface area (Å²) in [5.74, 6) is 0.782. The zero-order chi connectivity index (χ0) is 20.2. The number of nitrogens with zero attached hydrogens (tertiary/aromatic N) is 4. The Hall–Kier alpha value is -2.70. The SMILES string of the molecule is CN(Cc1nc(-c2ccc(Cl)cc2)no1)C(=O)c1ccc(CN2CCCC2)cc1. The number of hydrogen-bond donors (Lipinski definition) is 0. The first kappa shape index (κ1) is 19.6. The lowest BCUT2D eigenvalue weighted by Crippen LogP contribution is -2.26. The molecule has 1 aromatic heterocycles. The van der Waals surface area contributed by atoms with Gasteiger partial charge in [0.2, 0.25) is 11.7 Å². The van der Waals surface area contributed by atoms with E-state index in [0.717, 1.165) is 25.2 Å². The van der Waals surface area contributed by atoms with Gasteiger partial charge in [-0.2, -0.15) is 4.98 Å². The van der Waals surface area contributed by atoms with Gasteiger partial charge in [0.1, 0.15) is 0 Å². The predicted molar refractivity (Wildman–Crippen MR) is 111 cm³/mol. The van der Waals surface area contributed by atoms with Gasteiger partial charge in [0, 0.05) is 29.7 Å². The fraction of sp³-hybridized carbons (Fsp3) is 0.318. The smallest absolute Gasteiger partial charge is 0.254 e. The van der Waals surface area contributed by atoms with E-state index in [9.17, 15) is 4.79 Å². The number of carbonyl (C=O) groups excluding carboxylic acids is 1. The van der Waals surface area contributed by atoms with E-state index in [1.165, 1.54) is 18.4 Å². The minimum absolute atomic E-state index is 0.0797. The van der Waals surface area contributed by atoms with Crippen LogP contribution in [-0.4, -0.2) is 46.0 Å². The predicted octanol–water partition coefficient (Wildman–Crippen LogP) is 4.26. The number of likely N-dealkylation sites (tertiary alicyclic amines) is 1. The van der Waals surface area contributed by atoms with Crippen molar-refractivity contribution in [3.8, 4) is 11.4 Å². The highest BCUT2D eigenvalue weighted by Crippen LogP contribution is 2.19. The van der Waals surface area contributed by atoms with Gasteiger partial charge < -0.3 is 9.42 Å². The molecule has 1 aliphatic rings. The lowest BCUT2D eigenvalue weighted by molar-refractivity contribution is 0.0769. The molecule has 1 amide bonds. The number of benzene rings is 2. The summed E-state index contributed by atoms with van der Waals surface area (Å²) in [4.78, 5) is 21.1. The van der Waals surface area contributed by atoms with Crippen molar-refractivity contribution in [1.82, 2.24) is 19.9 Å². The largest absolute Gasteiger partial charge is 0.337 e. The molecule has 0 radical (unpaired) electrons. The lowest BCUT2D eigenvalue weighted by Gasteiger charge is -2.16. The summed E-state index contributed by atoms with van der Waals surface area (Å²) >= 11 is 5.91. The van der Waals surface area contributed by atoms with Gasteiger partial charge in [-0.15, -0.1) is 0 Å². The molecule has 0 spiro atoms. The molecule has 0 unspecified atom stereocenters. The van der Waals surface area contributed by atoms with Crippen LogP contribution in [-0.2, 0) is 13.1 Å². The van der Waals surface area contributed by atoms with Crippen LogP contribution >= 0.6 is 11.6 Å². The van der Waals surface area contributed by atoms with Crippen LogP contribution in [0.4, 0.5) is 0 Å². The highest BCUT2D eigenvalue weighted by atomic mass is 35.5. The molecule has 2 aromatic carbocycles. The van der Waals surface area contributed by atoms with Crippen LogP contribution in [0.2, 0.25) is 5.02 Å². The first-order valence-corrected chi connectivity index (χ1v) is 10.1. The third kappa shape index (κ3) is 4.83. The van der Waals surface area contributed by atoms with E-state index in [4.69, 9.17) is 16.1 Å². The van der Waals surface area contributed by atoms with Crippen LogP contribution in [0.3, 0.4) is 0 Å². The standard InChI is InChI=1S/C22H23ClN4O2/c1-26(15-20-24-21(25-29-20)17-8-10-19(23)11-9-17)22(28)18-6-4-16(5-7-18)14-27-12-2-3-13-27/h4-11H,2-3,12-15H2,1H3. The molecular formula is C22H23ClN4O2. The summed E-state index contributed by atoms with van der Waals surface area (Å²) in [5.41, 5.74) is 2.69. The maximum atomic E-state index is 12.7. The summed E-state index contributed by atoms with van der Waals surface area (Å²) in [5, 5.41) is 4.64. The van der Waals surface area contributed by atoms with Crippen LogP contribution in [0, 0.1) is 0 Å². The highest BCUT2D eigenvalue weighted by molar-refractivity contribution is 6.30. The summed E-state index contributed by atoms with van der Waals surface area (Å²) in [6, 6.07) is 15.0. The molecule has 4 rings (SSSR count). The van der Waals surface area contributed by atoms with E-state index in [0.29, 0.717) is 22.3 Å². The van der Waals surface area contributed by atoms with E-state index >= 15 is 0 Å². The molecular weight excluding hydrogens is 388 g/mol. The average molecular weight is 411 g/mol. The molecule has 0 aliphatic carbocycles. The van der Waals surface area contributed by atoms with Crippen LogP contribution in [0.15, 0.2) is 53.1 Å². The molecule has 1 aliphatic heterocycles. The normalized spacial score (nSPS) is 14.3. The van der Waals surface area contributed by atoms with Crippen LogP contribution in [0.1, 0.15) is 34.7 Å². The van der Waals surface area contributed by atoms with Crippen molar-refractivity contribution >= 4 is 17.5 Å². The Bertz CT molecular complexity index is 963. The number of hydrogen-bond acceptors (Lipinski definition) is 5. The first-order chi connectivity index (χ1) is 14.1. The monoisotopic (exact) mass is 410 g/mol. The van der Waals surface area contributed by atoms with Gasteiger partial charge in [-0.05, 0) is 67.9 Å². The van der Waals surface area contributed by atoms with Crippen molar-refractivity contribution in [3.05, 3.63) is 70.6 Å². The second-order valence-electron chi connectivity index (χ2n) is 7.36. The van der Waals surface area contributed by atoms with Gasteiger partial charge in [-0.1, -0.05) is 28.9 Å². The van der Waals surface area contributed by atoms with E-state index in [1.807, 2.05) is 36.4 Å². The fourth-order valence-electron chi connectivity index (χ4n) is 3.48. The van der Waals surface area contributed by atoms with Crippen molar-refractivity contribution < 1.29 is 9.32 Å². The minimum atomic E-state index is -0.0797. The van der Waals surface area contributed by atoms with Crippen LogP contribution < -0.4 is 0 Å². The molecule has 6 nitrogen and oxygen atoms in total. The van der Waals surface area contributed by atoms with Gasteiger partial charge in [0.05, 0.1) is 6.54 Å². The quantitative estimate of drug-likeness (QED) is 0.607. The van der Waals surface area contributed by atoms with Crippen LogP contribution in [0.25, 0.3) is 11.4 Å². The number of amides is 1. The van der Waals surface area contributed by atoms with Crippen molar-refractivity contribution in [2.75, 3.05) is 20.1 Å². The molecule has 7 heteroatoms. The molecule has 0 N–H and O–H groups in total. The number of carbonyl (C=O) groups is 1. The number of halogens is 1. The summed E-state index contributed by atoms with van der Waals surface area (Å²) in [6.07, 6.45) is 2.55. The van der Waals surface area contributed by atoms with Crippen LogP contribution in [0.5, 0.6) is 0 Å². The Morgan fingerprint density at radius 2 is 1.79 bits per heavy atom. The van der Waals surface area contributed by atoms with Crippen molar-refractivity contribution in [3.63, 3.8) is 0 Å². The van der Waals surface area contributed by atoms with Crippen molar-refractivity contribution in [2.24, 2.45) is 0 Å². The Morgan fingerprint density at radius 3 is 2.48 bits per heavy atom. The van der Waals surface area contributed by atoms with E-state index in [2.05, 4.69) is 15.0 Å². The molecule has 0 atom stereocenters. The average Bonchev–Trinajstić information content (AvgIpc) is 3.41. The third-order valence-electron chi connectivity index (χ3n) is 5.10. The molecule has 150 valence electrons. The van der Waals surface area contributed by atoms with Crippen molar-refractivity contribution in [1.29, 1.82) is 0 Å². The topological polar surface area (TPSA) is 62.5 Å². The molecule has 3 aromatic rings. The Kier molecular flexibility index (Phi) is 5.92. The second kappa shape index (κ2) is 8.76. The Labute approximate surface area is 175 Å². The summed E-state index contributed by atoms with van der Waals surface area (Å²) in [6.45, 7) is 3.51. The fourth-order valence-corrected chi connectivity index (χ4v) is 3.61. The summed E-state index contributed by atoms with van der Waals surface area (Å²) in [7, 11) is 1.73. The van der Waals surface area contributed by atoms with Gasteiger partial charge >= 0.3 is 0 Å². The molecule has 1 saturated heterocycles. The maximum Gasteiger partial charge on any atom is 0.254 e. The highest BCUT2D eigenvalue weighted by Gasteiger charge is 2.17. The van der Waals surface area contributed by atoms with Gasteiger partial charge in [-0.25, -0.2) is 0 Å². The third-order valence-corrected chi connectivity index (χ3v) is 5.35. The first-order valence-electron chi connectivity index (χ1n) is 9.74. The molecule has 29 heavy (non-hydrogen) atoms. The van der Waals surface area contributed by atoms with E-state index in [-0.39, 0.29) is 12.5 Å². The van der Waals surface area contributed by atoms with E-state index < -0.39 is 0 Å². The Morgan fingerprint density at radius 1 is 1.10 bits per heavy atom. The molecule has 0 bridgehead atoms. The zero-order valence-corrected chi connectivity index (χ0v) is 17.1. The maximum absolute atomic E-state index is 12.7. The molecule has 0 saturated carbocycles. The zero-order valence-electron chi connectivity index (χ0n) is 16.3.